The fourth-order valence-electron chi connectivity index (χ4n) is 2.75. The highest BCUT2D eigenvalue weighted by Gasteiger charge is 2.12. The summed E-state index contributed by atoms with van der Waals surface area (Å²) in [6.45, 7) is 2.33. The lowest BCUT2D eigenvalue weighted by Gasteiger charge is -2.11. The SMILES string of the molecule is COc1cc(/C=N\NC(=O)[C@@H](C)SCc2ccccc2)ccc1OCc1ccccc1. The minimum absolute atomic E-state index is 0.132. The number of methoxy groups -OCH3 is 1. The molecule has 0 aliphatic rings. The van der Waals surface area contributed by atoms with Crippen molar-refractivity contribution in [3.63, 3.8) is 0 Å². The Balaban J connectivity index is 1.51. The van der Waals surface area contributed by atoms with Gasteiger partial charge in [-0.05, 0) is 41.8 Å². The van der Waals surface area contributed by atoms with E-state index in [4.69, 9.17) is 9.47 Å². The second-order valence-corrected chi connectivity index (χ2v) is 8.19. The molecular weight excluding hydrogens is 408 g/mol. The normalized spacial score (nSPS) is 11.8. The summed E-state index contributed by atoms with van der Waals surface area (Å²) in [6.07, 6.45) is 1.59. The zero-order chi connectivity index (χ0) is 21.9. The van der Waals surface area contributed by atoms with Crippen molar-refractivity contribution in [3.05, 3.63) is 95.6 Å². The Kier molecular flexibility index (Phi) is 8.55. The maximum Gasteiger partial charge on any atom is 0.252 e. The summed E-state index contributed by atoms with van der Waals surface area (Å²) in [6, 6.07) is 25.6. The molecule has 0 aliphatic heterocycles. The molecule has 0 saturated carbocycles. The molecule has 0 heterocycles. The molecule has 5 nitrogen and oxygen atoms in total. The summed E-state index contributed by atoms with van der Waals surface area (Å²) in [5.41, 5.74) is 5.68. The number of hydrazone groups is 1. The number of hydrogen-bond donors (Lipinski definition) is 1. The minimum atomic E-state index is -0.208. The van der Waals surface area contributed by atoms with E-state index >= 15 is 0 Å². The molecule has 0 fully saturated rings. The minimum Gasteiger partial charge on any atom is -0.493 e. The van der Waals surface area contributed by atoms with Gasteiger partial charge in [0.05, 0.1) is 18.6 Å². The lowest BCUT2D eigenvalue weighted by Crippen LogP contribution is -2.27. The summed E-state index contributed by atoms with van der Waals surface area (Å²) in [7, 11) is 1.60. The van der Waals surface area contributed by atoms with E-state index in [0.717, 1.165) is 16.9 Å². The maximum absolute atomic E-state index is 12.3. The fraction of sp³-hybridized carbons (Fsp3) is 0.200. The number of rotatable bonds is 10. The number of thioether (sulfide) groups is 1. The molecule has 3 rings (SSSR count). The summed E-state index contributed by atoms with van der Waals surface area (Å²) in [5.74, 6) is 1.91. The van der Waals surface area contributed by atoms with Crippen LogP contribution < -0.4 is 14.9 Å². The van der Waals surface area contributed by atoms with Gasteiger partial charge in [-0.15, -0.1) is 11.8 Å². The predicted molar refractivity (Wildman–Crippen MR) is 127 cm³/mol. The van der Waals surface area contributed by atoms with Crippen molar-refractivity contribution in [2.75, 3.05) is 7.11 Å². The largest absolute Gasteiger partial charge is 0.493 e. The molecule has 0 aromatic heterocycles. The lowest BCUT2D eigenvalue weighted by molar-refractivity contribution is -0.120. The number of benzene rings is 3. The summed E-state index contributed by atoms with van der Waals surface area (Å²) in [5, 5.41) is 3.87. The van der Waals surface area contributed by atoms with Crippen molar-refractivity contribution in [2.45, 2.75) is 24.5 Å². The van der Waals surface area contributed by atoms with Crippen LogP contribution in [0.1, 0.15) is 23.6 Å². The second-order valence-electron chi connectivity index (χ2n) is 6.86. The van der Waals surface area contributed by atoms with E-state index in [1.165, 1.54) is 5.56 Å². The van der Waals surface area contributed by atoms with E-state index in [2.05, 4.69) is 22.7 Å². The van der Waals surface area contributed by atoms with Crippen LogP contribution in [0.15, 0.2) is 84.0 Å². The molecular formula is C25H26N2O3S. The van der Waals surface area contributed by atoms with Crippen LogP contribution in [-0.2, 0) is 17.2 Å². The number of nitrogens with zero attached hydrogens (tertiary/aromatic N) is 1. The Hall–Kier alpha value is -3.25. The molecule has 3 aromatic rings. The van der Waals surface area contributed by atoms with Crippen LogP contribution in [0.5, 0.6) is 11.5 Å². The monoisotopic (exact) mass is 434 g/mol. The van der Waals surface area contributed by atoms with E-state index in [1.807, 2.05) is 73.7 Å². The highest BCUT2D eigenvalue weighted by Crippen LogP contribution is 2.28. The highest BCUT2D eigenvalue weighted by molar-refractivity contribution is 7.99. The molecule has 0 saturated heterocycles. The molecule has 0 radical (unpaired) electrons. The molecule has 1 amide bonds. The Morgan fingerprint density at radius 2 is 1.68 bits per heavy atom. The first-order valence-electron chi connectivity index (χ1n) is 9.99. The van der Waals surface area contributed by atoms with Crippen molar-refractivity contribution in [1.29, 1.82) is 0 Å². The zero-order valence-electron chi connectivity index (χ0n) is 17.7. The van der Waals surface area contributed by atoms with Crippen LogP contribution in [-0.4, -0.2) is 24.5 Å². The third-order valence-corrected chi connectivity index (χ3v) is 5.74. The standard InChI is InChI=1S/C25H26N2O3S/c1-19(31-18-21-11-7-4-8-12-21)25(28)27-26-16-22-13-14-23(24(15-22)29-2)30-17-20-9-5-3-6-10-20/h3-16,19H,17-18H2,1-2H3,(H,27,28)/b26-16-/t19-/m1/s1. The zero-order valence-corrected chi connectivity index (χ0v) is 18.5. The Morgan fingerprint density at radius 1 is 1.00 bits per heavy atom. The maximum atomic E-state index is 12.3. The van der Waals surface area contributed by atoms with Gasteiger partial charge in [0.15, 0.2) is 11.5 Å². The molecule has 0 aliphatic carbocycles. The topological polar surface area (TPSA) is 59.9 Å². The molecule has 160 valence electrons. The van der Waals surface area contributed by atoms with E-state index in [9.17, 15) is 4.79 Å². The first-order valence-corrected chi connectivity index (χ1v) is 11.0. The van der Waals surface area contributed by atoms with Gasteiger partial charge in [-0.2, -0.15) is 5.10 Å². The molecule has 1 N–H and O–H groups in total. The lowest BCUT2D eigenvalue weighted by atomic mass is 10.2. The van der Waals surface area contributed by atoms with Crippen molar-refractivity contribution in [1.82, 2.24) is 5.43 Å². The second kappa shape index (κ2) is 11.8. The Bertz CT molecular complexity index is 994. The van der Waals surface area contributed by atoms with Crippen LogP contribution in [0.25, 0.3) is 0 Å². The van der Waals surface area contributed by atoms with Crippen molar-refractivity contribution < 1.29 is 14.3 Å². The quantitative estimate of drug-likeness (QED) is 0.358. The number of nitrogens with one attached hydrogen (secondary N) is 1. The summed E-state index contributed by atoms with van der Waals surface area (Å²) >= 11 is 1.57. The van der Waals surface area contributed by atoms with Gasteiger partial charge >= 0.3 is 0 Å². The van der Waals surface area contributed by atoms with Crippen molar-refractivity contribution in [2.24, 2.45) is 5.10 Å². The van der Waals surface area contributed by atoms with Crippen LogP contribution in [0.4, 0.5) is 0 Å². The van der Waals surface area contributed by atoms with Crippen LogP contribution >= 0.6 is 11.8 Å². The molecule has 31 heavy (non-hydrogen) atoms. The average Bonchev–Trinajstić information content (AvgIpc) is 2.82. The number of amides is 1. The average molecular weight is 435 g/mol. The third-order valence-electron chi connectivity index (χ3n) is 4.53. The predicted octanol–water partition coefficient (Wildman–Crippen LogP) is 5.05. The van der Waals surface area contributed by atoms with Gasteiger partial charge in [-0.25, -0.2) is 5.43 Å². The van der Waals surface area contributed by atoms with Gasteiger partial charge in [-0.3, -0.25) is 4.79 Å². The highest BCUT2D eigenvalue weighted by atomic mass is 32.2. The van der Waals surface area contributed by atoms with Gasteiger partial charge in [-0.1, -0.05) is 60.7 Å². The van der Waals surface area contributed by atoms with Gasteiger partial charge in [0, 0.05) is 5.75 Å². The van der Waals surface area contributed by atoms with Crippen LogP contribution in [0, 0.1) is 0 Å². The van der Waals surface area contributed by atoms with Gasteiger partial charge in [0.1, 0.15) is 6.61 Å². The number of hydrogen-bond acceptors (Lipinski definition) is 5. The van der Waals surface area contributed by atoms with E-state index in [1.54, 1.807) is 25.1 Å². The fourth-order valence-corrected chi connectivity index (χ4v) is 3.59. The molecule has 1 atom stereocenters. The first-order chi connectivity index (χ1) is 15.2. The van der Waals surface area contributed by atoms with Gasteiger partial charge < -0.3 is 9.47 Å². The third kappa shape index (κ3) is 7.19. The van der Waals surface area contributed by atoms with E-state index < -0.39 is 0 Å². The Labute approximate surface area is 187 Å². The van der Waals surface area contributed by atoms with E-state index in [-0.39, 0.29) is 11.2 Å². The van der Waals surface area contributed by atoms with Crippen LogP contribution in [0.2, 0.25) is 0 Å². The molecule has 0 bridgehead atoms. The van der Waals surface area contributed by atoms with Crippen molar-refractivity contribution in [3.8, 4) is 11.5 Å². The summed E-state index contributed by atoms with van der Waals surface area (Å²) < 4.78 is 11.3. The molecule has 0 spiro atoms. The first kappa shape index (κ1) is 22.4. The number of carbonyl (C=O) groups excluding carboxylic acids is 1. The smallest absolute Gasteiger partial charge is 0.252 e. The summed E-state index contributed by atoms with van der Waals surface area (Å²) in [4.78, 5) is 12.3. The van der Waals surface area contributed by atoms with Crippen molar-refractivity contribution >= 4 is 23.9 Å². The van der Waals surface area contributed by atoms with Crippen LogP contribution in [0.3, 0.4) is 0 Å². The van der Waals surface area contributed by atoms with Gasteiger partial charge in [0.2, 0.25) is 0 Å². The molecule has 0 unspecified atom stereocenters. The van der Waals surface area contributed by atoms with E-state index in [0.29, 0.717) is 18.1 Å². The molecule has 6 heteroatoms. The van der Waals surface area contributed by atoms with Gasteiger partial charge in [0.25, 0.3) is 5.91 Å². The number of carbonyl (C=O) groups is 1. The number of ether oxygens (including phenoxy) is 2. The molecule has 3 aromatic carbocycles. The Morgan fingerprint density at radius 3 is 2.35 bits per heavy atom.